The normalized spacial score (nSPS) is 15.4. The lowest BCUT2D eigenvalue weighted by Gasteiger charge is -2.22. The van der Waals surface area contributed by atoms with E-state index in [1.807, 2.05) is 0 Å². The number of carbonyl (C=O) groups is 1. The maximum absolute atomic E-state index is 13.1. The molecule has 0 saturated heterocycles. The molecule has 2 N–H and O–H groups in total. The Hall–Kier alpha value is -2.09. The number of halogens is 1. The molecule has 5 heteroatoms. The van der Waals surface area contributed by atoms with Crippen molar-refractivity contribution in [3.63, 3.8) is 0 Å². The zero-order chi connectivity index (χ0) is 14.4. The monoisotopic (exact) mass is 275 g/mol. The average Bonchev–Trinajstić information content (AvgIpc) is 2.47. The third-order valence-electron chi connectivity index (χ3n) is 3.51. The number of nitrogens with one attached hydrogen (secondary N) is 2. The molecule has 1 fully saturated rings. The minimum absolute atomic E-state index is 0.0253. The van der Waals surface area contributed by atoms with E-state index in [1.165, 1.54) is 37.5 Å². The maximum Gasteiger partial charge on any atom is 0.239 e. The van der Waals surface area contributed by atoms with Crippen molar-refractivity contribution in [3.05, 3.63) is 29.6 Å². The van der Waals surface area contributed by atoms with Gasteiger partial charge in [-0.1, -0.05) is 19.3 Å². The van der Waals surface area contributed by atoms with E-state index in [1.54, 1.807) is 6.07 Å². The molecule has 4 nitrogen and oxygen atoms in total. The van der Waals surface area contributed by atoms with Gasteiger partial charge in [0.25, 0.3) is 0 Å². The van der Waals surface area contributed by atoms with Crippen LogP contribution in [0.25, 0.3) is 0 Å². The molecule has 0 atom stereocenters. The molecule has 1 aromatic rings. The van der Waals surface area contributed by atoms with Crippen LogP contribution in [0.5, 0.6) is 0 Å². The summed E-state index contributed by atoms with van der Waals surface area (Å²) in [5, 5.41) is 14.6. The van der Waals surface area contributed by atoms with Gasteiger partial charge in [0.2, 0.25) is 5.91 Å². The van der Waals surface area contributed by atoms with Crippen molar-refractivity contribution >= 4 is 11.6 Å². The van der Waals surface area contributed by atoms with E-state index in [0.717, 1.165) is 12.8 Å². The Morgan fingerprint density at radius 1 is 1.35 bits per heavy atom. The van der Waals surface area contributed by atoms with Crippen LogP contribution in [0, 0.1) is 17.1 Å². The second kappa shape index (κ2) is 6.90. The molecule has 20 heavy (non-hydrogen) atoms. The van der Waals surface area contributed by atoms with Gasteiger partial charge in [0.05, 0.1) is 12.1 Å². The van der Waals surface area contributed by atoms with Crippen molar-refractivity contribution in [2.24, 2.45) is 0 Å². The van der Waals surface area contributed by atoms with Crippen LogP contribution in [-0.2, 0) is 4.79 Å². The van der Waals surface area contributed by atoms with E-state index in [0.29, 0.717) is 5.69 Å². The van der Waals surface area contributed by atoms with Gasteiger partial charge in [0.15, 0.2) is 0 Å². The number of anilines is 1. The predicted octanol–water partition coefficient (Wildman–Crippen LogP) is 2.56. The number of hydrogen-bond donors (Lipinski definition) is 2. The second-order valence-corrected chi connectivity index (χ2v) is 5.06. The number of nitrogens with zero attached hydrogens (tertiary/aromatic N) is 1. The summed E-state index contributed by atoms with van der Waals surface area (Å²) in [5.74, 6) is -0.621. The first kappa shape index (κ1) is 14.3. The van der Waals surface area contributed by atoms with Gasteiger partial charge in [-0.25, -0.2) is 4.39 Å². The summed E-state index contributed by atoms with van der Waals surface area (Å²) in [5.41, 5.74) is 0.546. The van der Waals surface area contributed by atoms with Gasteiger partial charge < -0.3 is 10.6 Å². The molecule has 0 radical (unpaired) electrons. The standard InChI is InChI=1S/C15H18FN3O/c16-14-7-6-13(8-11(14)9-17)18-10-15(20)19-12-4-2-1-3-5-12/h6-8,12,18H,1-5,10H2,(H,19,20). The molecule has 0 bridgehead atoms. The van der Waals surface area contributed by atoms with E-state index in [2.05, 4.69) is 10.6 Å². The summed E-state index contributed by atoms with van der Waals surface area (Å²) in [7, 11) is 0. The van der Waals surface area contributed by atoms with Gasteiger partial charge in [0, 0.05) is 11.7 Å². The van der Waals surface area contributed by atoms with Crippen molar-refractivity contribution in [3.8, 4) is 6.07 Å². The van der Waals surface area contributed by atoms with Crippen molar-refractivity contribution in [2.75, 3.05) is 11.9 Å². The molecule has 0 heterocycles. The third-order valence-corrected chi connectivity index (χ3v) is 3.51. The number of carbonyl (C=O) groups excluding carboxylic acids is 1. The van der Waals surface area contributed by atoms with Crippen LogP contribution in [0.15, 0.2) is 18.2 Å². The molecule has 0 aromatic heterocycles. The molecule has 1 saturated carbocycles. The van der Waals surface area contributed by atoms with Crippen LogP contribution >= 0.6 is 0 Å². The second-order valence-electron chi connectivity index (χ2n) is 5.06. The quantitative estimate of drug-likeness (QED) is 0.887. The molecule has 1 amide bonds. The first-order valence-corrected chi connectivity index (χ1v) is 6.92. The molecular formula is C15H18FN3O. The Balaban J connectivity index is 1.82. The highest BCUT2D eigenvalue weighted by Gasteiger charge is 2.15. The van der Waals surface area contributed by atoms with E-state index >= 15 is 0 Å². The number of benzene rings is 1. The predicted molar refractivity (Wildman–Crippen MR) is 74.6 cm³/mol. The molecule has 1 aliphatic carbocycles. The third kappa shape index (κ3) is 3.95. The largest absolute Gasteiger partial charge is 0.376 e. The summed E-state index contributed by atoms with van der Waals surface area (Å²) in [6.07, 6.45) is 5.67. The van der Waals surface area contributed by atoms with Crippen LogP contribution in [-0.4, -0.2) is 18.5 Å². The summed E-state index contributed by atoms with van der Waals surface area (Å²) in [4.78, 5) is 11.8. The fourth-order valence-corrected chi connectivity index (χ4v) is 2.43. The first-order valence-electron chi connectivity index (χ1n) is 6.92. The van der Waals surface area contributed by atoms with Crippen LogP contribution in [0.1, 0.15) is 37.7 Å². The number of amides is 1. The summed E-state index contributed by atoms with van der Waals surface area (Å²) < 4.78 is 13.1. The molecular weight excluding hydrogens is 257 g/mol. The van der Waals surface area contributed by atoms with Gasteiger partial charge in [-0.05, 0) is 31.0 Å². The van der Waals surface area contributed by atoms with Crippen LogP contribution in [0.3, 0.4) is 0 Å². The van der Waals surface area contributed by atoms with Crippen LogP contribution in [0.4, 0.5) is 10.1 Å². The van der Waals surface area contributed by atoms with E-state index in [4.69, 9.17) is 5.26 Å². The van der Waals surface area contributed by atoms with Crippen molar-refractivity contribution < 1.29 is 9.18 Å². The topological polar surface area (TPSA) is 64.9 Å². The highest BCUT2D eigenvalue weighted by atomic mass is 19.1. The van der Waals surface area contributed by atoms with Gasteiger partial charge in [-0.2, -0.15) is 5.26 Å². The molecule has 0 spiro atoms. The lowest BCUT2D eigenvalue weighted by atomic mass is 9.95. The Morgan fingerprint density at radius 2 is 2.10 bits per heavy atom. The number of hydrogen-bond acceptors (Lipinski definition) is 3. The van der Waals surface area contributed by atoms with Crippen LogP contribution < -0.4 is 10.6 Å². The summed E-state index contributed by atoms with van der Waals surface area (Å²) >= 11 is 0. The highest BCUT2D eigenvalue weighted by Crippen LogP contribution is 2.17. The minimum Gasteiger partial charge on any atom is -0.376 e. The Morgan fingerprint density at radius 3 is 2.80 bits per heavy atom. The Bertz CT molecular complexity index is 518. The van der Waals surface area contributed by atoms with Crippen molar-refractivity contribution in [1.82, 2.24) is 5.32 Å². The summed E-state index contributed by atoms with van der Waals surface area (Å²) in [6, 6.07) is 6.20. The lowest BCUT2D eigenvalue weighted by molar-refractivity contribution is -0.120. The molecule has 106 valence electrons. The Labute approximate surface area is 118 Å². The molecule has 0 unspecified atom stereocenters. The fraction of sp³-hybridized carbons (Fsp3) is 0.467. The average molecular weight is 275 g/mol. The smallest absolute Gasteiger partial charge is 0.239 e. The first-order chi connectivity index (χ1) is 9.69. The van der Waals surface area contributed by atoms with E-state index in [9.17, 15) is 9.18 Å². The minimum atomic E-state index is -0.551. The zero-order valence-electron chi connectivity index (χ0n) is 11.3. The van der Waals surface area contributed by atoms with E-state index < -0.39 is 5.82 Å². The van der Waals surface area contributed by atoms with Crippen molar-refractivity contribution in [1.29, 1.82) is 5.26 Å². The van der Waals surface area contributed by atoms with Gasteiger partial charge in [0.1, 0.15) is 11.9 Å². The SMILES string of the molecule is N#Cc1cc(NCC(=O)NC2CCCCC2)ccc1F. The van der Waals surface area contributed by atoms with E-state index in [-0.39, 0.29) is 24.1 Å². The van der Waals surface area contributed by atoms with Crippen LogP contribution in [0.2, 0.25) is 0 Å². The maximum atomic E-state index is 13.1. The zero-order valence-corrected chi connectivity index (χ0v) is 11.3. The molecule has 1 aliphatic rings. The lowest BCUT2D eigenvalue weighted by Crippen LogP contribution is -2.39. The summed E-state index contributed by atoms with van der Waals surface area (Å²) in [6.45, 7) is 0.132. The number of rotatable bonds is 4. The molecule has 2 rings (SSSR count). The Kier molecular flexibility index (Phi) is 4.94. The van der Waals surface area contributed by atoms with Crippen molar-refractivity contribution in [2.45, 2.75) is 38.1 Å². The highest BCUT2D eigenvalue weighted by molar-refractivity contribution is 5.81. The molecule has 0 aliphatic heterocycles. The number of nitriles is 1. The van der Waals surface area contributed by atoms with Gasteiger partial charge in [-0.15, -0.1) is 0 Å². The van der Waals surface area contributed by atoms with Gasteiger partial charge in [-0.3, -0.25) is 4.79 Å². The fourth-order valence-electron chi connectivity index (χ4n) is 2.43. The van der Waals surface area contributed by atoms with Gasteiger partial charge >= 0.3 is 0 Å². The molecule has 1 aromatic carbocycles.